The van der Waals surface area contributed by atoms with Crippen molar-refractivity contribution >= 4 is 11.5 Å². The quantitative estimate of drug-likeness (QED) is 0.833. The molecule has 2 saturated heterocycles. The molecule has 4 heterocycles. The molecule has 4 rings (SSSR count). The van der Waals surface area contributed by atoms with Crippen LogP contribution < -0.4 is 10.2 Å². The van der Waals surface area contributed by atoms with Gasteiger partial charge in [-0.2, -0.15) is 0 Å². The SMILES string of the molecule is CN(c1ccc2nnnn2n1)C1CC2CCC(C1)N2. The highest BCUT2D eigenvalue weighted by molar-refractivity contribution is 5.44. The predicted molar refractivity (Wildman–Crippen MR) is 69.9 cm³/mol. The smallest absolute Gasteiger partial charge is 0.200 e. The van der Waals surface area contributed by atoms with Crippen LogP contribution in [0.15, 0.2) is 12.1 Å². The average Bonchev–Trinajstić information content (AvgIpc) is 3.03. The molecular weight excluding hydrogens is 242 g/mol. The topological polar surface area (TPSA) is 71.2 Å². The molecule has 2 aliphatic heterocycles. The van der Waals surface area contributed by atoms with E-state index in [0.717, 1.165) is 5.82 Å². The van der Waals surface area contributed by atoms with E-state index in [1.54, 1.807) is 0 Å². The Morgan fingerprint density at radius 2 is 2.05 bits per heavy atom. The third-order valence-electron chi connectivity index (χ3n) is 4.41. The molecule has 100 valence electrons. The molecule has 2 fully saturated rings. The van der Waals surface area contributed by atoms with Gasteiger partial charge in [0, 0.05) is 25.2 Å². The van der Waals surface area contributed by atoms with Crippen LogP contribution in [0.1, 0.15) is 25.7 Å². The Balaban J connectivity index is 1.60. The Hall–Kier alpha value is -1.76. The fourth-order valence-electron chi connectivity index (χ4n) is 3.36. The summed E-state index contributed by atoms with van der Waals surface area (Å²) in [4.78, 5) is 2.27. The number of piperidine rings is 1. The molecule has 2 aromatic rings. The van der Waals surface area contributed by atoms with E-state index in [9.17, 15) is 0 Å². The van der Waals surface area contributed by atoms with Crippen LogP contribution in [0.25, 0.3) is 5.65 Å². The number of nitrogens with zero attached hydrogens (tertiary/aromatic N) is 6. The fourth-order valence-corrected chi connectivity index (χ4v) is 3.36. The first-order valence-corrected chi connectivity index (χ1v) is 6.84. The molecule has 7 heteroatoms. The normalized spacial score (nSPS) is 29.8. The zero-order chi connectivity index (χ0) is 12.8. The molecule has 0 amide bonds. The van der Waals surface area contributed by atoms with Gasteiger partial charge in [-0.25, -0.2) is 0 Å². The maximum atomic E-state index is 4.47. The number of rotatable bonds is 2. The number of tetrazole rings is 1. The number of hydrogen-bond donors (Lipinski definition) is 1. The summed E-state index contributed by atoms with van der Waals surface area (Å²) in [6.45, 7) is 0. The monoisotopic (exact) mass is 259 g/mol. The van der Waals surface area contributed by atoms with Crippen LogP contribution >= 0.6 is 0 Å². The first-order chi connectivity index (χ1) is 9.29. The highest BCUT2D eigenvalue weighted by atomic mass is 15.6. The molecule has 1 N–H and O–H groups in total. The molecule has 0 aromatic carbocycles. The van der Waals surface area contributed by atoms with Gasteiger partial charge in [-0.3, -0.25) is 0 Å². The van der Waals surface area contributed by atoms with E-state index in [1.165, 1.54) is 30.3 Å². The molecule has 0 spiro atoms. The number of hydrogen-bond acceptors (Lipinski definition) is 6. The second kappa shape index (κ2) is 4.12. The van der Waals surface area contributed by atoms with Crippen molar-refractivity contribution < 1.29 is 0 Å². The van der Waals surface area contributed by atoms with E-state index in [1.807, 2.05) is 12.1 Å². The zero-order valence-electron chi connectivity index (χ0n) is 10.9. The summed E-state index contributed by atoms with van der Waals surface area (Å²) >= 11 is 0. The van der Waals surface area contributed by atoms with E-state index in [4.69, 9.17) is 0 Å². The van der Waals surface area contributed by atoms with Gasteiger partial charge in [0.05, 0.1) is 0 Å². The van der Waals surface area contributed by atoms with Crippen molar-refractivity contribution in [1.82, 2.24) is 30.6 Å². The molecule has 2 bridgehead atoms. The maximum absolute atomic E-state index is 4.47. The van der Waals surface area contributed by atoms with Gasteiger partial charge < -0.3 is 10.2 Å². The van der Waals surface area contributed by atoms with Crippen LogP contribution in [0, 0.1) is 0 Å². The van der Waals surface area contributed by atoms with Crippen molar-refractivity contribution in [3.8, 4) is 0 Å². The van der Waals surface area contributed by atoms with E-state index in [-0.39, 0.29) is 0 Å². The largest absolute Gasteiger partial charge is 0.355 e. The van der Waals surface area contributed by atoms with Gasteiger partial charge in [-0.15, -0.1) is 14.8 Å². The third-order valence-corrected chi connectivity index (χ3v) is 4.41. The van der Waals surface area contributed by atoms with Gasteiger partial charge >= 0.3 is 0 Å². The van der Waals surface area contributed by atoms with Crippen LogP contribution in [-0.4, -0.2) is 50.4 Å². The Bertz CT molecular complexity index is 583. The summed E-state index contributed by atoms with van der Waals surface area (Å²) in [7, 11) is 2.12. The Kier molecular flexibility index (Phi) is 2.41. The van der Waals surface area contributed by atoms with Crippen LogP contribution in [0.4, 0.5) is 5.82 Å². The standard InChI is InChI=1S/C12H17N7/c1-18(10-6-8-2-3-9(7-10)13-8)12-5-4-11-14-16-17-19(11)15-12/h4-5,8-10,13H,2-3,6-7H2,1H3. The zero-order valence-corrected chi connectivity index (χ0v) is 10.9. The van der Waals surface area contributed by atoms with E-state index < -0.39 is 0 Å². The van der Waals surface area contributed by atoms with Crippen molar-refractivity contribution in [2.24, 2.45) is 0 Å². The summed E-state index contributed by atoms with van der Waals surface area (Å²) in [5.41, 5.74) is 0.683. The predicted octanol–water partition coefficient (Wildman–Crippen LogP) is 0.238. The first-order valence-electron chi connectivity index (χ1n) is 6.84. The van der Waals surface area contributed by atoms with Gasteiger partial charge in [-0.05, 0) is 48.2 Å². The van der Waals surface area contributed by atoms with Crippen LogP contribution in [0.3, 0.4) is 0 Å². The van der Waals surface area contributed by atoms with E-state index >= 15 is 0 Å². The third kappa shape index (κ3) is 1.85. The van der Waals surface area contributed by atoms with Crippen molar-refractivity contribution in [3.05, 3.63) is 12.1 Å². The first kappa shape index (κ1) is 11.1. The minimum atomic E-state index is 0.556. The lowest BCUT2D eigenvalue weighted by molar-refractivity contribution is 0.353. The summed E-state index contributed by atoms with van der Waals surface area (Å²) < 4.78 is 1.49. The molecule has 0 aliphatic carbocycles. The molecule has 0 saturated carbocycles. The Labute approximate surface area is 111 Å². The molecule has 2 aromatic heterocycles. The Morgan fingerprint density at radius 3 is 2.84 bits per heavy atom. The second-order valence-electron chi connectivity index (χ2n) is 5.59. The molecular formula is C12H17N7. The van der Waals surface area contributed by atoms with E-state index in [2.05, 4.69) is 37.9 Å². The minimum Gasteiger partial charge on any atom is -0.355 e. The van der Waals surface area contributed by atoms with Gasteiger partial charge in [0.15, 0.2) is 11.5 Å². The summed E-state index contributed by atoms with van der Waals surface area (Å²) in [6, 6.07) is 5.83. The molecule has 2 unspecified atom stereocenters. The Morgan fingerprint density at radius 1 is 1.26 bits per heavy atom. The van der Waals surface area contributed by atoms with Gasteiger partial charge in [0.25, 0.3) is 0 Å². The summed E-state index contributed by atoms with van der Waals surface area (Å²) in [6.07, 6.45) is 5.02. The average molecular weight is 259 g/mol. The van der Waals surface area contributed by atoms with Crippen molar-refractivity contribution in [1.29, 1.82) is 0 Å². The van der Waals surface area contributed by atoms with Gasteiger partial charge in [0.1, 0.15) is 0 Å². The second-order valence-corrected chi connectivity index (χ2v) is 5.59. The lowest BCUT2D eigenvalue weighted by Gasteiger charge is -2.36. The molecule has 19 heavy (non-hydrogen) atoms. The highest BCUT2D eigenvalue weighted by Gasteiger charge is 2.35. The number of fused-ring (bicyclic) bond motifs is 3. The molecule has 0 radical (unpaired) electrons. The van der Waals surface area contributed by atoms with Crippen LogP contribution in [0.2, 0.25) is 0 Å². The van der Waals surface area contributed by atoms with Crippen LogP contribution in [-0.2, 0) is 0 Å². The maximum Gasteiger partial charge on any atom is 0.200 e. The number of anilines is 1. The lowest BCUT2D eigenvalue weighted by atomic mass is 9.98. The minimum absolute atomic E-state index is 0.556. The summed E-state index contributed by atoms with van der Waals surface area (Å²) in [5.74, 6) is 0.936. The summed E-state index contributed by atoms with van der Waals surface area (Å²) in [5, 5.41) is 19.5. The fraction of sp³-hybridized carbons (Fsp3) is 0.667. The lowest BCUT2D eigenvalue weighted by Crippen LogP contribution is -2.47. The highest BCUT2D eigenvalue weighted by Crippen LogP contribution is 2.30. The van der Waals surface area contributed by atoms with Gasteiger partial charge in [0.2, 0.25) is 0 Å². The molecule has 7 nitrogen and oxygen atoms in total. The van der Waals surface area contributed by atoms with Gasteiger partial charge in [-0.1, -0.05) is 0 Å². The van der Waals surface area contributed by atoms with Crippen molar-refractivity contribution in [2.75, 3.05) is 11.9 Å². The number of nitrogens with one attached hydrogen (secondary N) is 1. The van der Waals surface area contributed by atoms with Crippen LogP contribution in [0.5, 0.6) is 0 Å². The van der Waals surface area contributed by atoms with Crippen molar-refractivity contribution in [3.63, 3.8) is 0 Å². The van der Waals surface area contributed by atoms with E-state index in [0.29, 0.717) is 23.8 Å². The molecule has 2 atom stereocenters. The molecule has 2 aliphatic rings. The number of aromatic nitrogens is 5. The van der Waals surface area contributed by atoms with Crippen molar-refractivity contribution in [2.45, 2.75) is 43.8 Å².